The molecular formula is C21H20ClN5O3S. The summed E-state index contributed by atoms with van der Waals surface area (Å²) in [5.41, 5.74) is 6.30. The number of carbonyl (C=O) groups excluding carboxylic acids is 2. The average molecular weight is 458 g/mol. The van der Waals surface area contributed by atoms with Gasteiger partial charge in [0.1, 0.15) is 12.4 Å². The maximum atomic E-state index is 12.2. The van der Waals surface area contributed by atoms with Crippen LogP contribution in [0, 0.1) is 0 Å². The molecule has 10 heteroatoms. The summed E-state index contributed by atoms with van der Waals surface area (Å²) in [6, 6.07) is 13.4. The molecule has 0 saturated carbocycles. The fourth-order valence-electron chi connectivity index (χ4n) is 2.57. The van der Waals surface area contributed by atoms with Crippen LogP contribution in [0.4, 0.5) is 5.69 Å². The van der Waals surface area contributed by atoms with Gasteiger partial charge in [-0.25, -0.2) is 0 Å². The lowest BCUT2D eigenvalue weighted by molar-refractivity contribution is -0.113. The highest BCUT2D eigenvalue weighted by Gasteiger charge is 2.14. The monoisotopic (exact) mass is 457 g/mol. The summed E-state index contributed by atoms with van der Waals surface area (Å²) in [6.45, 7) is 4.39. The van der Waals surface area contributed by atoms with Gasteiger partial charge in [0.25, 0.3) is 0 Å². The van der Waals surface area contributed by atoms with Crippen LogP contribution in [-0.4, -0.2) is 32.3 Å². The number of benzene rings is 2. The minimum atomic E-state index is -0.501. The number of rotatable bonds is 10. The highest BCUT2D eigenvalue weighted by molar-refractivity contribution is 7.99. The number of ether oxygens (including phenoxy) is 1. The number of halogens is 1. The normalized spacial score (nSPS) is 10.5. The molecule has 0 aliphatic heterocycles. The van der Waals surface area contributed by atoms with E-state index in [4.69, 9.17) is 22.1 Å². The second-order valence-electron chi connectivity index (χ2n) is 6.32. The number of hydrogen-bond donors (Lipinski definition) is 2. The van der Waals surface area contributed by atoms with E-state index in [2.05, 4.69) is 22.1 Å². The van der Waals surface area contributed by atoms with E-state index in [0.29, 0.717) is 39.5 Å². The molecule has 0 bridgehead atoms. The van der Waals surface area contributed by atoms with Crippen LogP contribution in [0.15, 0.2) is 66.3 Å². The molecule has 0 fully saturated rings. The Balaban J connectivity index is 1.60. The number of hydrogen-bond acceptors (Lipinski definition) is 6. The van der Waals surface area contributed by atoms with Crippen molar-refractivity contribution in [1.82, 2.24) is 14.8 Å². The molecule has 2 aromatic carbocycles. The number of thioether (sulfide) groups is 1. The molecule has 3 N–H and O–H groups in total. The van der Waals surface area contributed by atoms with Gasteiger partial charge in [-0.05, 0) is 48.5 Å². The molecule has 0 unspecified atom stereocenters. The Bertz CT molecular complexity index is 1070. The number of nitrogens with two attached hydrogens (primary N) is 1. The number of anilines is 1. The lowest BCUT2D eigenvalue weighted by Gasteiger charge is -2.09. The average Bonchev–Trinajstić information content (AvgIpc) is 3.14. The van der Waals surface area contributed by atoms with Gasteiger partial charge in [-0.2, -0.15) is 0 Å². The highest BCUT2D eigenvalue weighted by atomic mass is 35.5. The van der Waals surface area contributed by atoms with E-state index in [1.807, 2.05) is 4.57 Å². The molecular weight excluding hydrogens is 438 g/mol. The van der Waals surface area contributed by atoms with Crippen LogP contribution in [0.25, 0.3) is 0 Å². The predicted octanol–water partition coefficient (Wildman–Crippen LogP) is 3.53. The first-order chi connectivity index (χ1) is 15.0. The van der Waals surface area contributed by atoms with E-state index in [1.54, 1.807) is 54.6 Å². The summed E-state index contributed by atoms with van der Waals surface area (Å²) < 4.78 is 7.56. The molecule has 160 valence electrons. The Morgan fingerprint density at radius 1 is 1.16 bits per heavy atom. The highest BCUT2D eigenvalue weighted by Crippen LogP contribution is 2.20. The first kappa shape index (κ1) is 22.4. The van der Waals surface area contributed by atoms with E-state index in [9.17, 15) is 9.59 Å². The Kier molecular flexibility index (Phi) is 7.69. The number of nitrogens with zero attached hydrogens (tertiary/aromatic N) is 3. The topological polar surface area (TPSA) is 112 Å². The molecule has 0 aliphatic carbocycles. The Labute approximate surface area is 188 Å². The Morgan fingerprint density at radius 3 is 2.52 bits per heavy atom. The standard InChI is InChI=1S/C21H20ClN5O3S/c1-2-11-27-18(12-30-17-9-3-14(4-10-17)20(23)29)25-26-21(27)31-13-19(28)24-16-7-5-15(22)6-8-16/h2-10H,1,11-13H2,(H2,23,29)(H,24,28). The smallest absolute Gasteiger partial charge is 0.248 e. The molecule has 0 atom stereocenters. The maximum Gasteiger partial charge on any atom is 0.248 e. The number of nitrogens with one attached hydrogen (secondary N) is 1. The number of carbonyl (C=O) groups is 2. The van der Waals surface area contributed by atoms with Crippen LogP contribution >= 0.6 is 23.4 Å². The number of amides is 2. The minimum absolute atomic E-state index is 0.160. The Morgan fingerprint density at radius 2 is 1.87 bits per heavy atom. The maximum absolute atomic E-state index is 12.2. The second kappa shape index (κ2) is 10.6. The van der Waals surface area contributed by atoms with E-state index in [0.717, 1.165) is 0 Å². The SMILES string of the molecule is C=CCn1c(COc2ccc(C(N)=O)cc2)nnc1SCC(=O)Nc1ccc(Cl)cc1. The zero-order valence-corrected chi connectivity index (χ0v) is 18.0. The first-order valence-corrected chi connectivity index (χ1v) is 10.6. The molecule has 0 spiro atoms. The number of allylic oxidation sites excluding steroid dienone is 1. The minimum Gasteiger partial charge on any atom is -0.486 e. The molecule has 0 aliphatic rings. The van der Waals surface area contributed by atoms with Crippen LogP contribution < -0.4 is 15.8 Å². The molecule has 31 heavy (non-hydrogen) atoms. The molecule has 8 nitrogen and oxygen atoms in total. The van der Waals surface area contributed by atoms with Crippen molar-refractivity contribution in [2.45, 2.75) is 18.3 Å². The van der Waals surface area contributed by atoms with Crippen molar-refractivity contribution in [3.05, 3.63) is 77.6 Å². The molecule has 0 saturated heterocycles. The van der Waals surface area contributed by atoms with Gasteiger partial charge in [0.15, 0.2) is 11.0 Å². The van der Waals surface area contributed by atoms with Gasteiger partial charge < -0.3 is 15.8 Å². The summed E-state index contributed by atoms with van der Waals surface area (Å²) in [7, 11) is 0. The quantitative estimate of drug-likeness (QED) is 0.356. The lowest BCUT2D eigenvalue weighted by Crippen LogP contribution is -2.15. The van der Waals surface area contributed by atoms with Crippen molar-refractivity contribution < 1.29 is 14.3 Å². The second-order valence-corrected chi connectivity index (χ2v) is 7.70. The van der Waals surface area contributed by atoms with Crippen LogP contribution in [0.5, 0.6) is 5.75 Å². The number of aromatic nitrogens is 3. The zero-order chi connectivity index (χ0) is 22.2. The van der Waals surface area contributed by atoms with Gasteiger partial charge >= 0.3 is 0 Å². The predicted molar refractivity (Wildman–Crippen MR) is 120 cm³/mol. The van der Waals surface area contributed by atoms with Gasteiger partial charge in [0.05, 0.1) is 5.75 Å². The van der Waals surface area contributed by atoms with Gasteiger partial charge in [0, 0.05) is 22.8 Å². The van der Waals surface area contributed by atoms with Gasteiger partial charge in [0.2, 0.25) is 11.8 Å². The first-order valence-electron chi connectivity index (χ1n) is 9.20. The molecule has 3 rings (SSSR count). The van der Waals surface area contributed by atoms with Crippen molar-refractivity contribution in [1.29, 1.82) is 0 Å². The fourth-order valence-corrected chi connectivity index (χ4v) is 3.46. The van der Waals surface area contributed by atoms with Crippen molar-refractivity contribution >= 4 is 40.9 Å². The van der Waals surface area contributed by atoms with E-state index < -0.39 is 5.91 Å². The van der Waals surface area contributed by atoms with Gasteiger partial charge in [-0.3, -0.25) is 14.2 Å². The van der Waals surface area contributed by atoms with E-state index in [-0.39, 0.29) is 18.3 Å². The summed E-state index contributed by atoms with van der Waals surface area (Å²) in [5.74, 6) is 0.633. The molecule has 1 heterocycles. The summed E-state index contributed by atoms with van der Waals surface area (Å²) >= 11 is 7.11. The van der Waals surface area contributed by atoms with Crippen LogP contribution in [-0.2, 0) is 17.9 Å². The van der Waals surface area contributed by atoms with Crippen molar-refractivity contribution in [2.75, 3.05) is 11.1 Å². The third-order valence-corrected chi connectivity index (χ3v) is 5.29. The van der Waals surface area contributed by atoms with Crippen LogP contribution in [0.3, 0.4) is 0 Å². The molecule has 2 amide bonds. The molecule has 3 aromatic rings. The fraction of sp³-hybridized carbons (Fsp3) is 0.143. The third kappa shape index (κ3) is 6.34. The Hall–Kier alpha value is -3.30. The van der Waals surface area contributed by atoms with Crippen LogP contribution in [0.2, 0.25) is 5.02 Å². The largest absolute Gasteiger partial charge is 0.486 e. The van der Waals surface area contributed by atoms with Crippen molar-refractivity contribution in [2.24, 2.45) is 5.73 Å². The van der Waals surface area contributed by atoms with Gasteiger partial charge in [-0.1, -0.05) is 29.4 Å². The molecule has 0 radical (unpaired) electrons. The summed E-state index contributed by atoms with van der Waals surface area (Å²) in [5, 5.41) is 12.3. The summed E-state index contributed by atoms with van der Waals surface area (Å²) in [4.78, 5) is 23.4. The van der Waals surface area contributed by atoms with Crippen molar-refractivity contribution in [3.8, 4) is 5.75 Å². The van der Waals surface area contributed by atoms with Crippen LogP contribution in [0.1, 0.15) is 16.2 Å². The lowest BCUT2D eigenvalue weighted by atomic mass is 10.2. The third-order valence-electron chi connectivity index (χ3n) is 4.07. The zero-order valence-electron chi connectivity index (χ0n) is 16.5. The summed E-state index contributed by atoms with van der Waals surface area (Å²) in [6.07, 6.45) is 1.71. The van der Waals surface area contributed by atoms with Gasteiger partial charge in [-0.15, -0.1) is 16.8 Å². The molecule has 1 aromatic heterocycles. The van der Waals surface area contributed by atoms with E-state index in [1.165, 1.54) is 11.8 Å². The van der Waals surface area contributed by atoms with E-state index >= 15 is 0 Å². The number of primary amides is 1. The van der Waals surface area contributed by atoms with Crippen molar-refractivity contribution in [3.63, 3.8) is 0 Å².